The Morgan fingerprint density at radius 3 is 2.43 bits per heavy atom. The maximum Gasteiger partial charge on any atom is 0.276 e. The summed E-state index contributed by atoms with van der Waals surface area (Å²) < 4.78 is 20.0. The van der Waals surface area contributed by atoms with E-state index in [1.807, 2.05) is 18.5 Å². The van der Waals surface area contributed by atoms with Crippen LogP contribution in [0.25, 0.3) is 0 Å². The number of aromatic nitrogens is 2. The number of rotatable bonds is 8. The van der Waals surface area contributed by atoms with E-state index in [0.29, 0.717) is 18.1 Å². The van der Waals surface area contributed by atoms with Crippen molar-refractivity contribution in [3.8, 4) is 5.75 Å². The molecule has 0 radical (unpaired) electrons. The van der Waals surface area contributed by atoms with E-state index < -0.39 is 5.91 Å². The van der Waals surface area contributed by atoms with Gasteiger partial charge < -0.3 is 4.74 Å². The van der Waals surface area contributed by atoms with Crippen molar-refractivity contribution in [3.63, 3.8) is 0 Å². The molecule has 0 bridgehead atoms. The highest BCUT2D eigenvalue weighted by Gasteiger charge is 2.14. The zero-order valence-corrected chi connectivity index (χ0v) is 16.7. The third-order valence-electron chi connectivity index (χ3n) is 4.20. The van der Waals surface area contributed by atoms with Gasteiger partial charge in [-0.2, -0.15) is 5.10 Å². The van der Waals surface area contributed by atoms with Gasteiger partial charge in [0.2, 0.25) is 5.91 Å². The molecule has 1 aromatic carbocycles. The van der Waals surface area contributed by atoms with Crippen LogP contribution in [0.15, 0.2) is 24.3 Å². The van der Waals surface area contributed by atoms with Gasteiger partial charge in [-0.15, -0.1) is 0 Å². The Morgan fingerprint density at radius 2 is 1.79 bits per heavy atom. The average Bonchev–Trinajstić information content (AvgIpc) is 2.90. The summed E-state index contributed by atoms with van der Waals surface area (Å²) in [6.45, 7) is 8.75. The number of nitrogens with zero attached hydrogens (tertiary/aromatic N) is 2. The van der Waals surface area contributed by atoms with Crippen molar-refractivity contribution in [1.82, 2.24) is 20.6 Å². The highest BCUT2D eigenvalue weighted by Crippen LogP contribution is 2.16. The molecule has 2 rings (SSSR count). The van der Waals surface area contributed by atoms with Crippen LogP contribution >= 0.6 is 0 Å². The van der Waals surface area contributed by atoms with Gasteiger partial charge in [0.05, 0.1) is 5.69 Å². The van der Waals surface area contributed by atoms with Gasteiger partial charge in [0, 0.05) is 18.7 Å². The number of ether oxygens (including phenoxy) is 1. The lowest BCUT2D eigenvalue weighted by Crippen LogP contribution is -2.43. The van der Waals surface area contributed by atoms with Crippen LogP contribution < -0.4 is 15.6 Å². The van der Waals surface area contributed by atoms with Crippen LogP contribution in [-0.2, 0) is 22.6 Å². The maximum absolute atomic E-state index is 12.8. The second-order valence-electron chi connectivity index (χ2n) is 7.06. The highest BCUT2D eigenvalue weighted by atomic mass is 19.1. The topological polar surface area (TPSA) is 85.3 Å². The number of benzene rings is 1. The lowest BCUT2D eigenvalue weighted by molar-refractivity contribution is -0.130. The quantitative estimate of drug-likeness (QED) is 0.678. The van der Waals surface area contributed by atoms with Crippen molar-refractivity contribution in [2.75, 3.05) is 6.61 Å². The summed E-state index contributed by atoms with van der Waals surface area (Å²) in [5.41, 5.74) is 7.71. The molecule has 0 fully saturated rings. The Morgan fingerprint density at radius 1 is 1.14 bits per heavy atom. The summed E-state index contributed by atoms with van der Waals surface area (Å²) in [4.78, 5) is 23.7. The first kappa shape index (κ1) is 21.4. The first-order valence-electron chi connectivity index (χ1n) is 9.25. The Bertz CT molecular complexity index is 816. The van der Waals surface area contributed by atoms with Crippen LogP contribution in [0.5, 0.6) is 5.75 Å². The molecule has 0 unspecified atom stereocenters. The minimum atomic E-state index is -0.505. The molecule has 1 heterocycles. The SMILES string of the molecule is Cc1nn(CC(C)C)c(C)c1CCC(=O)NNC(=O)COc1ccc(F)cc1. The van der Waals surface area contributed by atoms with E-state index in [1.165, 1.54) is 24.3 Å². The molecule has 0 aliphatic carbocycles. The van der Waals surface area contributed by atoms with E-state index in [2.05, 4.69) is 29.8 Å². The molecule has 0 aliphatic heterocycles. The maximum atomic E-state index is 12.8. The van der Waals surface area contributed by atoms with Crippen molar-refractivity contribution in [3.05, 3.63) is 47.0 Å². The van der Waals surface area contributed by atoms with Crippen molar-refractivity contribution in [2.45, 2.75) is 47.1 Å². The van der Waals surface area contributed by atoms with E-state index in [4.69, 9.17) is 4.74 Å². The van der Waals surface area contributed by atoms with Gasteiger partial charge in [0.1, 0.15) is 11.6 Å². The minimum Gasteiger partial charge on any atom is -0.484 e. The lowest BCUT2D eigenvalue weighted by atomic mass is 10.1. The summed E-state index contributed by atoms with van der Waals surface area (Å²) in [5, 5.41) is 4.54. The monoisotopic (exact) mass is 390 g/mol. The third kappa shape index (κ3) is 6.37. The van der Waals surface area contributed by atoms with Crippen LogP contribution in [-0.4, -0.2) is 28.2 Å². The van der Waals surface area contributed by atoms with Crippen LogP contribution in [0, 0.1) is 25.6 Å². The number of hydrogen-bond acceptors (Lipinski definition) is 4. The molecule has 0 saturated carbocycles. The van der Waals surface area contributed by atoms with Gasteiger partial charge in [-0.1, -0.05) is 13.8 Å². The number of nitrogens with one attached hydrogen (secondary N) is 2. The molecule has 28 heavy (non-hydrogen) atoms. The summed E-state index contributed by atoms with van der Waals surface area (Å²) in [6.07, 6.45) is 0.775. The van der Waals surface area contributed by atoms with Crippen LogP contribution in [0.4, 0.5) is 4.39 Å². The van der Waals surface area contributed by atoms with Gasteiger partial charge >= 0.3 is 0 Å². The second-order valence-corrected chi connectivity index (χ2v) is 7.06. The Balaban J connectivity index is 1.74. The Kier molecular flexibility index (Phi) is 7.54. The van der Waals surface area contributed by atoms with Gasteiger partial charge in [-0.3, -0.25) is 25.1 Å². The average molecular weight is 390 g/mol. The van der Waals surface area contributed by atoms with Crippen LogP contribution in [0.2, 0.25) is 0 Å². The van der Waals surface area contributed by atoms with E-state index in [1.54, 1.807) is 0 Å². The number of hydrazine groups is 1. The number of carbonyl (C=O) groups is 2. The predicted molar refractivity (Wildman–Crippen MR) is 103 cm³/mol. The summed E-state index contributed by atoms with van der Waals surface area (Å²) in [6, 6.07) is 5.32. The Labute approximate surface area is 164 Å². The van der Waals surface area contributed by atoms with Gasteiger partial charge in [-0.05, 0) is 56.0 Å². The first-order chi connectivity index (χ1) is 13.3. The van der Waals surface area contributed by atoms with Crippen molar-refractivity contribution in [2.24, 2.45) is 5.92 Å². The van der Waals surface area contributed by atoms with Crippen molar-refractivity contribution < 1.29 is 18.7 Å². The molecule has 0 atom stereocenters. The van der Waals surface area contributed by atoms with Crippen LogP contribution in [0.1, 0.15) is 37.2 Å². The van der Waals surface area contributed by atoms with E-state index in [9.17, 15) is 14.0 Å². The number of carbonyl (C=O) groups excluding carboxylic acids is 2. The molecule has 1 aromatic heterocycles. The molecule has 7 nitrogen and oxygen atoms in total. The molecule has 0 saturated heterocycles. The van der Waals surface area contributed by atoms with Crippen molar-refractivity contribution >= 4 is 11.8 Å². The molecule has 2 N–H and O–H groups in total. The summed E-state index contributed by atoms with van der Waals surface area (Å²) >= 11 is 0. The van der Waals surface area contributed by atoms with E-state index in [-0.39, 0.29) is 24.8 Å². The fraction of sp³-hybridized carbons (Fsp3) is 0.450. The molecule has 2 aromatic rings. The molecule has 152 valence electrons. The smallest absolute Gasteiger partial charge is 0.276 e. The molecular formula is C20H27FN4O3. The highest BCUT2D eigenvalue weighted by molar-refractivity contribution is 5.82. The first-order valence-corrected chi connectivity index (χ1v) is 9.25. The Hall–Kier alpha value is -2.90. The second kappa shape index (κ2) is 9.87. The van der Waals surface area contributed by atoms with Gasteiger partial charge in [0.25, 0.3) is 5.91 Å². The normalized spacial score (nSPS) is 10.8. The van der Waals surface area contributed by atoms with E-state index in [0.717, 1.165) is 23.5 Å². The lowest BCUT2D eigenvalue weighted by Gasteiger charge is -2.09. The summed E-state index contributed by atoms with van der Waals surface area (Å²) in [5.74, 6) is -0.335. The number of aryl methyl sites for hydroxylation is 1. The molecule has 0 spiro atoms. The predicted octanol–water partition coefficient (Wildman–Crippen LogP) is 2.45. The molecule has 0 aliphatic rings. The fourth-order valence-electron chi connectivity index (χ4n) is 2.78. The summed E-state index contributed by atoms with van der Waals surface area (Å²) in [7, 11) is 0. The minimum absolute atomic E-state index is 0.230. The third-order valence-corrected chi connectivity index (χ3v) is 4.20. The largest absolute Gasteiger partial charge is 0.484 e. The van der Waals surface area contributed by atoms with Gasteiger partial charge in [-0.25, -0.2) is 4.39 Å². The van der Waals surface area contributed by atoms with Gasteiger partial charge in [0.15, 0.2) is 6.61 Å². The zero-order chi connectivity index (χ0) is 20.7. The molecule has 8 heteroatoms. The van der Waals surface area contributed by atoms with Crippen LogP contribution in [0.3, 0.4) is 0 Å². The number of hydrogen-bond donors (Lipinski definition) is 2. The molecular weight excluding hydrogens is 363 g/mol. The number of halogens is 1. The molecule has 2 amide bonds. The number of amides is 2. The van der Waals surface area contributed by atoms with Crippen molar-refractivity contribution in [1.29, 1.82) is 0 Å². The standard InChI is InChI=1S/C20H27FN4O3/c1-13(2)11-25-15(4)18(14(3)24-25)9-10-19(26)22-23-20(27)12-28-17-7-5-16(21)6-8-17/h5-8,13H,9-12H2,1-4H3,(H,22,26)(H,23,27). The fourth-order valence-corrected chi connectivity index (χ4v) is 2.78. The zero-order valence-electron chi connectivity index (χ0n) is 16.7. The van der Waals surface area contributed by atoms with E-state index >= 15 is 0 Å².